The fourth-order valence-corrected chi connectivity index (χ4v) is 2.27. The number of hydrogen-bond donors (Lipinski definition) is 2. The van der Waals surface area contributed by atoms with Crippen LogP contribution in [-0.2, 0) is 9.53 Å². The van der Waals surface area contributed by atoms with Crippen LogP contribution in [0.4, 0.5) is 0 Å². The van der Waals surface area contributed by atoms with Crippen LogP contribution in [0.1, 0.15) is 46.5 Å². The summed E-state index contributed by atoms with van der Waals surface area (Å²) in [6.07, 6.45) is 3.77. The van der Waals surface area contributed by atoms with Gasteiger partial charge in [0.25, 0.3) is 0 Å². The highest BCUT2D eigenvalue weighted by Gasteiger charge is 2.26. The SMILES string of the molecule is CCOC(C)(C)CNC(=O)C1CCC(N)CC1. The van der Waals surface area contributed by atoms with Crippen molar-refractivity contribution in [3.05, 3.63) is 0 Å². The molecule has 0 aliphatic heterocycles. The molecule has 1 aliphatic carbocycles. The molecule has 1 fully saturated rings. The number of carbonyl (C=O) groups is 1. The third-order valence-electron chi connectivity index (χ3n) is 3.37. The van der Waals surface area contributed by atoms with E-state index in [1.165, 1.54) is 0 Å². The summed E-state index contributed by atoms with van der Waals surface area (Å²) in [5, 5.41) is 2.99. The summed E-state index contributed by atoms with van der Waals surface area (Å²) >= 11 is 0. The molecule has 0 aromatic carbocycles. The van der Waals surface area contributed by atoms with Crippen molar-refractivity contribution in [1.29, 1.82) is 0 Å². The molecule has 0 radical (unpaired) electrons. The molecule has 4 heteroatoms. The van der Waals surface area contributed by atoms with Gasteiger partial charge in [-0.1, -0.05) is 0 Å². The minimum atomic E-state index is -0.282. The highest BCUT2D eigenvalue weighted by atomic mass is 16.5. The molecular weight excluding hydrogens is 216 g/mol. The molecule has 1 saturated carbocycles. The summed E-state index contributed by atoms with van der Waals surface area (Å²) in [5.41, 5.74) is 5.55. The van der Waals surface area contributed by atoms with Gasteiger partial charge in [-0.2, -0.15) is 0 Å². The Kier molecular flexibility index (Phi) is 5.40. The topological polar surface area (TPSA) is 64.3 Å². The summed E-state index contributed by atoms with van der Waals surface area (Å²) in [6.45, 7) is 7.19. The van der Waals surface area contributed by atoms with Crippen LogP contribution >= 0.6 is 0 Å². The Labute approximate surface area is 104 Å². The van der Waals surface area contributed by atoms with Crippen LogP contribution in [0.5, 0.6) is 0 Å². The second-order valence-electron chi connectivity index (χ2n) is 5.52. The molecule has 0 aromatic heterocycles. The molecular formula is C13H26N2O2. The lowest BCUT2D eigenvalue weighted by atomic mass is 9.86. The first-order chi connectivity index (χ1) is 7.94. The highest BCUT2D eigenvalue weighted by molar-refractivity contribution is 5.78. The Morgan fingerprint density at radius 2 is 1.94 bits per heavy atom. The quantitative estimate of drug-likeness (QED) is 0.766. The minimum Gasteiger partial charge on any atom is -0.374 e. The zero-order valence-corrected chi connectivity index (χ0v) is 11.3. The zero-order chi connectivity index (χ0) is 12.9. The van der Waals surface area contributed by atoms with E-state index in [-0.39, 0.29) is 17.4 Å². The molecule has 17 heavy (non-hydrogen) atoms. The van der Waals surface area contributed by atoms with E-state index >= 15 is 0 Å². The molecule has 0 atom stereocenters. The fraction of sp³-hybridized carbons (Fsp3) is 0.923. The average molecular weight is 242 g/mol. The predicted octanol–water partition coefficient (Wildman–Crippen LogP) is 1.44. The van der Waals surface area contributed by atoms with Crippen LogP contribution in [0.2, 0.25) is 0 Å². The van der Waals surface area contributed by atoms with Crippen LogP contribution in [0.25, 0.3) is 0 Å². The maximum absolute atomic E-state index is 11.9. The molecule has 0 heterocycles. The Balaban J connectivity index is 2.29. The molecule has 0 saturated heterocycles. The molecule has 1 amide bonds. The van der Waals surface area contributed by atoms with Gasteiger partial charge in [-0.25, -0.2) is 0 Å². The molecule has 0 aromatic rings. The summed E-state index contributed by atoms with van der Waals surface area (Å²) in [7, 11) is 0. The molecule has 1 rings (SSSR count). The first-order valence-electron chi connectivity index (χ1n) is 6.62. The van der Waals surface area contributed by atoms with E-state index in [1.54, 1.807) is 0 Å². The van der Waals surface area contributed by atoms with E-state index in [1.807, 2.05) is 20.8 Å². The summed E-state index contributed by atoms with van der Waals surface area (Å²) in [6, 6.07) is 0.291. The van der Waals surface area contributed by atoms with Gasteiger partial charge >= 0.3 is 0 Å². The van der Waals surface area contributed by atoms with Crippen molar-refractivity contribution in [2.45, 2.75) is 58.1 Å². The van der Waals surface area contributed by atoms with Gasteiger partial charge in [0.2, 0.25) is 5.91 Å². The second kappa shape index (κ2) is 6.36. The van der Waals surface area contributed by atoms with Crippen molar-refractivity contribution in [1.82, 2.24) is 5.32 Å². The largest absolute Gasteiger partial charge is 0.374 e. The van der Waals surface area contributed by atoms with Crippen LogP contribution in [-0.4, -0.2) is 30.7 Å². The van der Waals surface area contributed by atoms with Gasteiger partial charge in [0.1, 0.15) is 0 Å². The van der Waals surface area contributed by atoms with E-state index in [4.69, 9.17) is 10.5 Å². The summed E-state index contributed by atoms with van der Waals surface area (Å²) in [5.74, 6) is 0.303. The van der Waals surface area contributed by atoms with Gasteiger partial charge < -0.3 is 15.8 Å². The van der Waals surface area contributed by atoms with Gasteiger partial charge in [0.15, 0.2) is 0 Å². The van der Waals surface area contributed by atoms with Gasteiger partial charge in [-0.15, -0.1) is 0 Å². The standard InChI is InChI=1S/C13H26N2O2/c1-4-17-13(2,3)9-15-12(16)10-5-7-11(14)8-6-10/h10-11H,4-9,14H2,1-3H3,(H,15,16). The van der Waals surface area contributed by atoms with Crippen molar-refractivity contribution >= 4 is 5.91 Å². The fourth-order valence-electron chi connectivity index (χ4n) is 2.27. The smallest absolute Gasteiger partial charge is 0.223 e. The van der Waals surface area contributed by atoms with Gasteiger partial charge in [0, 0.05) is 25.1 Å². The lowest BCUT2D eigenvalue weighted by Gasteiger charge is -2.28. The number of ether oxygens (including phenoxy) is 1. The number of carbonyl (C=O) groups excluding carboxylic acids is 1. The van der Waals surface area contributed by atoms with Crippen LogP contribution in [0, 0.1) is 5.92 Å². The number of rotatable bonds is 5. The van der Waals surface area contributed by atoms with Crippen molar-refractivity contribution in [3.63, 3.8) is 0 Å². The Hall–Kier alpha value is -0.610. The highest BCUT2D eigenvalue weighted by Crippen LogP contribution is 2.23. The molecule has 100 valence electrons. The van der Waals surface area contributed by atoms with E-state index in [0.717, 1.165) is 25.7 Å². The second-order valence-corrected chi connectivity index (χ2v) is 5.52. The maximum Gasteiger partial charge on any atom is 0.223 e. The Bertz CT molecular complexity index is 246. The number of hydrogen-bond acceptors (Lipinski definition) is 3. The maximum atomic E-state index is 11.9. The van der Waals surface area contributed by atoms with Crippen molar-refractivity contribution in [2.75, 3.05) is 13.2 Å². The van der Waals surface area contributed by atoms with Gasteiger partial charge in [0.05, 0.1) is 5.60 Å². The van der Waals surface area contributed by atoms with Crippen molar-refractivity contribution < 1.29 is 9.53 Å². The zero-order valence-electron chi connectivity index (χ0n) is 11.3. The predicted molar refractivity (Wildman–Crippen MR) is 68.6 cm³/mol. The van der Waals surface area contributed by atoms with Gasteiger partial charge in [-0.05, 0) is 46.5 Å². The van der Waals surface area contributed by atoms with Crippen LogP contribution in [0.15, 0.2) is 0 Å². The van der Waals surface area contributed by atoms with Crippen LogP contribution < -0.4 is 11.1 Å². The Morgan fingerprint density at radius 1 is 1.35 bits per heavy atom. The first-order valence-corrected chi connectivity index (χ1v) is 6.62. The molecule has 0 unspecified atom stereocenters. The monoisotopic (exact) mass is 242 g/mol. The van der Waals surface area contributed by atoms with E-state index in [0.29, 0.717) is 19.2 Å². The lowest BCUT2D eigenvalue weighted by Crippen LogP contribution is -2.44. The van der Waals surface area contributed by atoms with Crippen LogP contribution in [0.3, 0.4) is 0 Å². The minimum absolute atomic E-state index is 0.146. The van der Waals surface area contributed by atoms with E-state index in [9.17, 15) is 4.79 Å². The molecule has 3 N–H and O–H groups in total. The number of nitrogens with one attached hydrogen (secondary N) is 1. The normalized spacial score (nSPS) is 25.6. The third-order valence-corrected chi connectivity index (χ3v) is 3.37. The average Bonchev–Trinajstić information content (AvgIpc) is 2.27. The summed E-state index contributed by atoms with van der Waals surface area (Å²) in [4.78, 5) is 11.9. The lowest BCUT2D eigenvalue weighted by molar-refractivity contribution is -0.127. The van der Waals surface area contributed by atoms with Crippen molar-refractivity contribution in [3.8, 4) is 0 Å². The number of amides is 1. The first kappa shape index (κ1) is 14.5. The van der Waals surface area contributed by atoms with E-state index < -0.39 is 0 Å². The summed E-state index contributed by atoms with van der Waals surface area (Å²) < 4.78 is 5.55. The Morgan fingerprint density at radius 3 is 2.47 bits per heavy atom. The molecule has 0 spiro atoms. The molecule has 0 bridgehead atoms. The van der Waals surface area contributed by atoms with E-state index in [2.05, 4.69) is 5.32 Å². The third kappa shape index (κ3) is 5.04. The molecule has 1 aliphatic rings. The molecule has 4 nitrogen and oxygen atoms in total. The van der Waals surface area contributed by atoms with Crippen molar-refractivity contribution in [2.24, 2.45) is 11.7 Å². The number of nitrogens with two attached hydrogens (primary N) is 1. The van der Waals surface area contributed by atoms with Gasteiger partial charge in [-0.3, -0.25) is 4.79 Å².